The monoisotopic (exact) mass is 569 g/mol. The van der Waals surface area contributed by atoms with Crippen molar-refractivity contribution in [3.8, 4) is 0 Å². The summed E-state index contributed by atoms with van der Waals surface area (Å²) in [5.74, 6) is 0.662. The van der Waals surface area contributed by atoms with Crippen LogP contribution in [0.4, 0.5) is 0 Å². The van der Waals surface area contributed by atoms with E-state index >= 15 is 0 Å². The molecule has 3 rings (SSSR count). The maximum absolute atomic E-state index is 12.2. The van der Waals surface area contributed by atoms with Crippen molar-refractivity contribution >= 4 is 47.4 Å². The van der Waals surface area contributed by atoms with Gasteiger partial charge in [0.2, 0.25) is 0 Å². The van der Waals surface area contributed by atoms with E-state index in [0.29, 0.717) is 35.8 Å². The molecule has 1 aliphatic rings. The topological polar surface area (TPSA) is 68.8 Å². The zero-order chi connectivity index (χ0) is 22.1. The van der Waals surface area contributed by atoms with Crippen molar-refractivity contribution in [3.05, 3.63) is 70.7 Å². The Hall–Kier alpha value is -1.84. The van der Waals surface area contributed by atoms with Crippen molar-refractivity contribution in [2.75, 3.05) is 26.7 Å². The van der Waals surface area contributed by atoms with Gasteiger partial charge in [-0.2, -0.15) is 0 Å². The first-order valence-electron chi connectivity index (χ1n) is 10.8. The molecule has 1 fully saturated rings. The van der Waals surface area contributed by atoms with E-state index in [1.54, 1.807) is 31.3 Å². The second-order valence-corrected chi connectivity index (χ2v) is 8.37. The number of nitrogens with zero attached hydrogens (tertiary/aromatic N) is 2. The third-order valence-electron chi connectivity index (χ3n) is 5.62. The molecule has 0 aromatic heterocycles. The molecular formula is C24H33ClIN5O. The fourth-order valence-corrected chi connectivity index (χ4v) is 3.98. The maximum Gasteiger partial charge on any atom is 0.251 e. The van der Waals surface area contributed by atoms with Gasteiger partial charge in [-0.05, 0) is 49.6 Å². The summed E-state index contributed by atoms with van der Waals surface area (Å²) in [4.78, 5) is 19.0. The van der Waals surface area contributed by atoms with Crippen molar-refractivity contribution < 1.29 is 4.79 Å². The zero-order valence-corrected chi connectivity index (χ0v) is 21.8. The second-order valence-electron chi connectivity index (χ2n) is 7.93. The van der Waals surface area contributed by atoms with Crippen molar-refractivity contribution in [2.24, 2.45) is 4.99 Å². The standard InChI is InChI=1S/C24H32ClN5O.HI/c1-18-16-22(12-15-30(18)17-19-6-4-3-5-7-19)29-24(26-2)28-14-13-27-23(31)20-8-10-21(25)11-9-20;/h3-11,18,22H,12-17H2,1-2H3,(H,27,31)(H2,26,28,29);1H. The minimum Gasteiger partial charge on any atom is -0.355 e. The summed E-state index contributed by atoms with van der Waals surface area (Å²) >= 11 is 5.86. The SMILES string of the molecule is CN=C(NCCNC(=O)c1ccc(Cl)cc1)NC1CCN(Cc2ccccc2)C(C)C1.I. The predicted octanol–water partition coefficient (Wildman–Crippen LogP) is 3.91. The molecule has 2 aromatic rings. The quantitative estimate of drug-likeness (QED) is 0.205. The number of nitrogens with one attached hydrogen (secondary N) is 3. The molecule has 1 amide bonds. The number of likely N-dealkylation sites (tertiary alicyclic amines) is 1. The summed E-state index contributed by atoms with van der Waals surface area (Å²) < 4.78 is 0. The van der Waals surface area contributed by atoms with E-state index in [1.807, 2.05) is 0 Å². The summed E-state index contributed by atoms with van der Waals surface area (Å²) in [5.41, 5.74) is 1.96. The molecule has 174 valence electrons. The Morgan fingerprint density at radius 3 is 2.44 bits per heavy atom. The summed E-state index contributed by atoms with van der Waals surface area (Å²) in [5, 5.41) is 10.3. The fraction of sp³-hybridized carbons (Fsp3) is 0.417. The number of piperidine rings is 1. The molecule has 8 heteroatoms. The van der Waals surface area contributed by atoms with Crippen LogP contribution in [0, 0.1) is 0 Å². The van der Waals surface area contributed by atoms with Gasteiger partial charge in [0.15, 0.2) is 5.96 Å². The van der Waals surface area contributed by atoms with Gasteiger partial charge in [-0.1, -0.05) is 41.9 Å². The number of hydrogen-bond donors (Lipinski definition) is 3. The number of carbonyl (C=O) groups excluding carboxylic acids is 1. The van der Waals surface area contributed by atoms with Crippen LogP contribution in [0.15, 0.2) is 59.6 Å². The second kappa shape index (κ2) is 13.6. The van der Waals surface area contributed by atoms with Gasteiger partial charge in [-0.25, -0.2) is 0 Å². The van der Waals surface area contributed by atoms with E-state index in [2.05, 4.69) is 63.1 Å². The highest BCUT2D eigenvalue weighted by Gasteiger charge is 2.25. The molecule has 0 aliphatic carbocycles. The molecular weight excluding hydrogens is 537 g/mol. The smallest absolute Gasteiger partial charge is 0.251 e. The molecule has 32 heavy (non-hydrogen) atoms. The van der Waals surface area contributed by atoms with Crippen LogP contribution in [-0.4, -0.2) is 55.5 Å². The van der Waals surface area contributed by atoms with E-state index in [4.69, 9.17) is 11.6 Å². The van der Waals surface area contributed by atoms with Crippen LogP contribution in [0.2, 0.25) is 5.02 Å². The Morgan fingerprint density at radius 1 is 1.09 bits per heavy atom. The average Bonchev–Trinajstić information content (AvgIpc) is 2.78. The van der Waals surface area contributed by atoms with Crippen molar-refractivity contribution in [2.45, 2.75) is 38.4 Å². The Morgan fingerprint density at radius 2 is 1.78 bits per heavy atom. The van der Waals surface area contributed by atoms with Crippen molar-refractivity contribution in [1.82, 2.24) is 20.9 Å². The summed E-state index contributed by atoms with van der Waals surface area (Å²) in [6.45, 7) is 5.45. The maximum atomic E-state index is 12.2. The summed E-state index contributed by atoms with van der Waals surface area (Å²) in [7, 11) is 1.77. The Kier molecular flexibility index (Phi) is 11.3. The van der Waals surface area contributed by atoms with E-state index in [9.17, 15) is 4.79 Å². The number of carbonyl (C=O) groups is 1. The predicted molar refractivity (Wildman–Crippen MR) is 143 cm³/mol. The number of rotatable bonds is 7. The summed E-state index contributed by atoms with van der Waals surface area (Å²) in [6, 6.07) is 18.4. The average molecular weight is 570 g/mol. The number of hydrogen-bond acceptors (Lipinski definition) is 3. The van der Waals surface area contributed by atoms with Gasteiger partial charge in [0, 0.05) is 55.9 Å². The first kappa shape index (κ1) is 26.4. The lowest BCUT2D eigenvalue weighted by molar-refractivity contribution is 0.0954. The molecule has 3 N–H and O–H groups in total. The molecule has 2 unspecified atom stereocenters. The molecule has 0 spiro atoms. The molecule has 2 atom stereocenters. The van der Waals surface area contributed by atoms with Crippen LogP contribution in [-0.2, 0) is 6.54 Å². The highest BCUT2D eigenvalue weighted by atomic mass is 127. The molecule has 0 saturated carbocycles. The number of guanidine groups is 1. The van der Waals surface area contributed by atoms with Crippen LogP contribution >= 0.6 is 35.6 Å². The lowest BCUT2D eigenvalue weighted by Gasteiger charge is -2.38. The van der Waals surface area contributed by atoms with Gasteiger partial charge in [0.1, 0.15) is 0 Å². The van der Waals surface area contributed by atoms with Crippen molar-refractivity contribution in [1.29, 1.82) is 0 Å². The highest BCUT2D eigenvalue weighted by molar-refractivity contribution is 14.0. The number of halogens is 2. The minimum atomic E-state index is -0.110. The third-order valence-corrected chi connectivity index (χ3v) is 5.87. The van der Waals surface area contributed by atoms with Crippen LogP contribution in [0.5, 0.6) is 0 Å². The van der Waals surface area contributed by atoms with Crippen LogP contribution in [0.3, 0.4) is 0 Å². The van der Waals surface area contributed by atoms with Gasteiger partial charge in [-0.15, -0.1) is 24.0 Å². The first-order chi connectivity index (χ1) is 15.0. The molecule has 1 aliphatic heterocycles. The van der Waals surface area contributed by atoms with E-state index < -0.39 is 0 Å². The van der Waals surface area contributed by atoms with Crippen LogP contribution in [0.1, 0.15) is 35.7 Å². The third kappa shape index (κ3) is 8.26. The Bertz CT molecular complexity index is 862. The molecule has 2 aromatic carbocycles. The van der Waals surface area contributed by atoms with E-state index in [0.717, 1.165) is 31.9 Å². The lowest BCUT2D eigenvalue weighted by Crippen LogP contribution is -2.52. The highest BCUT2D eigenvalue weighted by Crippen LogP contribution is 2.19. The minimum absolute atomic E-state index is 0. The number of amides is 1. The molecule has 6 nitrogen and oxygen atoms in total. The zero-order valence-electron chi connectivity index (χ0n) is 18.7. The first-order valence-corrected chi connectivity index (χ1v) is 11.2. The molecule has 0 bridgehead atoms. The largest absolute Gasteiger partial charge is 0.355 e. The van der Waals surface area contributed by atoms with Crippen LogP contribution in [0.25, 0.3) is 0 Å². The van der Waals surface area contributed by atoms with Crippen molar-refractivity contribution in [3.63, 3.8) is 0 Å². The molecule has 1 saturated heterocycles. The van der Waals surface area contributed by atoms with Crippen LogP contribution < -0.4 is 16.0 Å². The molecule has 1 heterocycles. The van der Waals surface area contributed by atoms with Gasteiger partial charge < -0.3 is 16.0 Å². The van der Waals surface area contributed by atoms with Gasteiger partial charge in [-0.3, -0.25) is 14.7 Å². The normalized spacial score (nSPS) is 19.0. The van der Waals surface area contributed by atoms with E-state index in [-0.39, 0.29) is 29.9 Å². The molecule has 0 radical (unpaired) electrons. The Balaban J connectivity index is 0.00000363. The summed E-state index contributed by atoms with van der Waals surface area (Å²) in [6.07, 6.45) is 2.14. The van der Waals surface area contributed by atoms with Gasteiger partial charge in [0.25, 0.3) is 5.91 Å². The Labute approximate surface area is 213 Å². The van der Waals surface area contributed by atoms with Gasteiger partial charge in [0.05, 0.1) is 0 Å². The van der Waals surface area contributed by atoms with Gasteiger partial charge >= 0.3 is 0 Å². The number of aliphatic imine (C=N–C) groups is 1. The van der Waals surface area contributed by atoms with E-state index in [1.165, 1.54) is 5.56 Å². The fourth-order valence-electron chi connectivity index (χ4n) is 3.85. The number of benzene rings is 2. The lowest BCUT2D eigenvalue weighted by atomic mass is 9.97.